The molecule has 1 heterocycles. The number of halogens is 1. The maximum Gasteiger partial charge on any atom is 0.207 e. The van der Waals surface area contributed by atoms with Crippen molar-refractivity contribution in [1.82, 2.24) is 0 Å². The van der Waals surface area contributed by atoms with Crippen LogP contribution < -0.4 is 10.5 Å². The molecule has 0 spiro atoms. The number of carbonyl (C=O) groups excluding carboxylic acids is 2. The summed E-state index contributed by atoms with van der Waals surface area (Å²) in [4.78, 5) is 27.5. The van der Waals surface area contributed by atoms with Gasteiger partial charge in [-0.3, -0.25) is 9.59 Å². The molecule has 42 heavy (non-hydrogen) atoms. The molecule has 2 aromatic rings. The van der Waals surface area contributed by atoms with Crippen molar-refractivity contribution in [1.29, 1.82) is 0 Å². The number of ketones is 2. The molecule has 12 nitrogen and oxygen atoms in total. The molecule has 6 atom stereocenters. The number of aliphatic hydroxyl groups is 2. The van der Waals surface area contributed by atoms with E-state index < -0.39 is 76.2 Å². The summed E-state index contributed by atoms with van der Waals surface area (Å²) in [7, 11) is 4.04. The van der Waals surface area contributed by atoms with Gasteiger partial charge >= 0.3 is 0 Å². The summed E-state index contributed by atoms with van der Waals surface area (Å²) in [6, 6.07) is 3.81. The number of aliphatic hydroxyl groups excluding tert-OH is 1. The molecule has 4 unspecified atom stereocenters. The van der Waals surface area contributed by atoms with Gasteiger partial charge < -0.3 is 49.8 Å². The minimum atomic E-state index is -1.89. The van der Waals surface area contributed by atoms with Crippen LogP contribution in [0.3, 0.4) is 0 Å². The van der Waals surface area contributed by atoms with Gasteiger partial charge in [-0.1, -0.05) is 28.1 Å². The molecule has 13 heteroatoms. The normalized spacial score (nSPS) is 29.1. The molecule has 1 fully saturated rings. The van der Waals surface area contributed by atoms with Crippen molar-refractivity contribution >= 4 is 27.5 Å². The first-order valence-corrected chi connectivity index (χ1v) is 14.5. The first-order chi connectivity index (χ1) is 19.9. The highest BCUT2D eigenvalue weighted by atomic mass is 79.9. The van der Waals surface area contributed by atoms with Crippen molar-refractivity contribution in [3.63, 3.8) is 0 Å². The van der Waals surface area contributed by atoms with E-state index in [0.29, 0.717) is 0 Å². The van der Waals surface area contributed by atoms with Crippen molar-refractivity contribution in [2.45, 2.75) is 68.2 Å². The number of nitrogens with two attached hydrogens (primary N) is 1. The lowest BCUT2D eigenvalue weighted by Gasteiger charge is -2.49. The molecule has 0 saturated carbocycles. The fraction of sp³-hybridized carbons (Fsp3) is 0.517. The quantitative estimate of drug-likeness (QED) is 0.142. The second-order valence-electron chi connectivity index (χ2n) is 10.9. The Morgan fingerprint density at radius 2 is 1.76 bits per heavy atom. The van der Waals surface area contributed by atoms with Crippen LogP contribution in [0.15, 0.2) is 18.2 Å². The average Bonchev–Trinajstić information content (AvgIpc) is 2.96. The van der Waals surface area contributed by atoms with Crippen LogP contribution >= 0.6 is 15.9 Å². The van der Waals surface area contributed by atoms with Crippen LogP contribution in [0.25, 0.3) is 0 Å². The van der Waals surface area contributed by atoms with Crippen molar-refractivity contribution in [2.75, 3.05) is 26.7 Å². The van der Waals surface area contributed by atoms with E-state index in [-0.39, 0.29) is 52.6 Å². The highest BCUT2D eigenvalue weighted by Gasteiger charge is 2.57. The van der Waals surface area contributed by atoms with E-state index in [1.54, 1.807) is 13.0 Å². The molecular formula is C29H34BrNO11. The predicted octanol–water partition coefficient (Wildman–Crippen LogP) is 1.82. The van der Waals surface area contributed by atoms with Gasteiger partial charge in [0.25, 0.3) is 0 Å². The Morgan fingerprint density at radius 3 is 2.36 bits per heavy atom. The van der Waals surface area contributed by atoms with Gasteiger partial charge in [-0.25, -0.2) is 0 Å². The predicted molar refractivity (Wildman–Crippen MR) is 150 cm³/mol. The van der Waals surface area contributed by atoms with Gasteiger partial charge in [-0.05, 0) is 13.0 Å². The van der Waals surface area contributed by atoms with Crippen LogP contribution in [0.2, 0.25) is 0 Å². The number of carbonyl (C=O) groups is 2. The standard InChI is InChI=1S/C29H34BrNO11/c1-12-23(32)15(31)8-18(41-12)42-17-10-28(37,29(11-30,39-3)40-4)9-14-20(17)27(36)22-21(25(14)34)24(33)13-6-5-7-16(38-2)19(13)26(22)35/h5-7,12,15,17-18,23,32,34,36-37H,8-11,31H2,1-4H3/t12?,15?,17-,18?,23?,28-/m0/s1. The van der Waals surface area contributed by atoms with Gasteiger partial charge in [-0.15, -0.1) is 0 Å². The van der Waals surface area contributed by atoms with Gasteiger partial charge in [0.2, 0.25) is 11.6 Å². The Morgan fingerprint density at radius 1 is 1.10 bits per heavy atom. The smallest absolute Gasteiger partial charge is 0.207 e. The molecule has 0 aromatic heterocycles. The summed E-state index contributed by atoms with van der Waals surface area (Å²) in [6.45, 7) is 1.63. The Hall–Kier alpha value is -2.62. The van der Waals surface area contributed by atoms with E-state index in [1.165, 1.54) is 33.5 Å². The van der Waals surface area contributed by atoms with E-state index >= 15 is 0 Å². The molecule has 2 aliphatic carbocycles. The van der Waals surface area contributed by atoms with Crippen molar-refractivity contribution < 1.29 is 53.7 Å². The van der Waals surface area contributed by atoms with Crippen LogP contribution in [0.5, 0.6) is 17.2 Å². The second-order valence-corrected chi connectivity index (χ2v) is 11.4. The van der Waals surface area contributed by atoms with Crippen molar-refractivity contribution in [3.05, 3.63) is 51.6 Å². The van der Waals surface area contributed by atoms with E-state index in [4.69, 9.17) is 29.4 Å². The maximum absolute atomic E-state index is 13.8. The van der Waals surface area contributed by atoms with E-state index in [0.717, 1.165) is 0 Å². The molecule has 3 aliphatic rings. The first kappa shape index (κ1) is 30.8. The largest absolute Gasteiger partial charge is 0.507 e. The van der Waals surface area contributed by atoms with E-state index in [2.05, 4.69) is 15.9 Å². The second kappa shape index (κ2) is 11.1. The maximum atomic E-state index is 13.8. The number of methoxy groups -OCH3 is 3. The highest BCUT2D eigenvalue weighted by Crippen LogP contribution is 2.54. The van der Waals surface area contributed by atoms with Crippen LogP contribution in [-0.4, -0.2) is 94.6 Å². The number of phenolic OH excluding ortho intramolecular Hbond substituents is 2. The molecule has 0 bridgehead atoms. The molecule has 6 N–H and O–H groups in total. The zero-order valence-corrected chi connectivity index (χ0v) is 25.1. The molecule has 1 saturated heterocycles. The van der Waals surface area contributed by atoms with Crippen molar-refractivity contribution in [3.8, 4) is 17.2 Å². The zero-order valence-electron chi connectivity index (χ0n) is 23.5. The Balaban J connectivity index is 1.72. The van der Waals surface area contributed by atoms with Crippen LogP contribution in [0, 0.1) is 0 Å². The Bertz CT molecular complexity index is 1410. The summed E-state index contributed by atoms with van der Waals surface area (Å²) in [5.74, 6) is -4.10. The summed E-state index contributed by atoms with van der Waals surface area (Å²) < 4.78 is 28.7. The topological polar surface area (TPSA) is 187 Å². The summed E-state index contributed by atoms with van der Waals surface area (Å²) in [5.41, 5.74) is 3.36. The number of hydrogen-bond acceptors (Lipinski definition) is 12. The number of hydrogen-bond donors (Lipinski definition) is 5. The molecule has 228 valence electrons. The summed E-state index contributed by atoms with van der Waals surface area (Å²) >= 11 is 3.34. The number of ether oxygens (including phenoxy) is 5. The summed E-state index contributed by atoms with van der Waals surface area (Å²) in [6.07, 6.45) is -4.33. The Labute approximate surface area is 250 Å². The van der Waals surface area contributed by atoms with Crippen LogP contribution in [0.1, 0.15) is 68.8 Å². The van der Waals surface area contributed by atoms with Crippen molar-refractivity contribution in [2.24, 2.45) is 5.73 Å². The van der Waals surface area contributed by atoms with Gasteiger partial charge in [0.05, 0.1) is 47.4 Å². The first-order valence-electron chi connectivity index (χ1n) is 13.4. The van der Waals surface area contributed by atoms with E-state index in [1.807, 2.05) is 0 Å². The third-order valence-electron chi connectivity index (χ3n) is 8.69. The van der Waals surface area contributed by atoms with Crippen LogP contribution in [0.4, 0.5) is 0 Å². The fourth-order valence-corrected chi connectivity index (χ4v) is 7.36. The van der Waals surface area contributed by atoms with E-state index in [9.17, 15) is 30.0 Å². The molecule has 0 radical (unpaired) electrons. The lowest BCUT2D eigenvalue weighted by atomic mass is 9.70. The lowest BCUT2D eigenvalue weighted by Crippen LogP contribution is -2.61. The number of fused-ring (bicyclic) bond motifs is 3. The zero-order chi connectivity index (χ0) is 30.7. The molecule has 2 aromatic carbocycles. The summed E-state index contributed by atoms with van der Waals surface area (Å²) in [5, 5.41) is 45.7. The minimum Gasteiger partial charge on any atom is -0.507 e. The molecule has 5 rings (SSSR count). The third-order valence-corrected chi connectivity index (χ3v) is 9.43. The van der Waals surface area contributed by atoms with Gasteiger partial charge in [-0.2, -0.15) is 0 Å². The SMILES string of the molecule is COc1cccc2c1C(=O)c1c(O)c3c(c(O)c1C2=O)C[C@@](O)(C(CBr)(OC)OC)C[C@@H]3OC1CC(N)C(O)C(C)O1. The number of phenols is 2. The molecule has 0 amide bonds. The van der Waals surface area contributed by atoms with Gasteiger partial charge in [0.15, 0.2) is 12.1 Å². The monoisotopic (exact) mass is 651 g/mol. The molecular weight excluding hydrogens is 618 g/mol. The van der Waals surface area contributed by atoms with Gasteiger partial charge in [0.1, 0.15) is 22.8 Å². The highest BCUT2D eigenvalue weighted by molar-refractivity contribution is 9.09. The number of benzene rings is 2. The minimum absolute atomic E-state index is 0.00102. The number of rotatable bonds is 7. The van der Waals surface area contributed by atoms with Crippen LogP contribution in [-0.2, 0) is 25.4 Å². The molecule has 1 aliphatic heterocycles. The fourth-order valence-electron chi connectivity index (χ4n) is 6.38. The average molecular weight is 652 g/mol. The third kappa shape index (κ3) is 4.46. The van der Waals surface area contributed by atoms with Gasteiger partial charge in [0, 0.05) is 56.2 Å². The lowest BCUT2D eigenvalue weighted by molar-refractivity contribution is -0.306. The number of alkyl halides is 1. The Kier molecular flexibility index (Phi) is 8.18. The number of aromatic hydroxyl groups is 2.